The molecule has 0 nitrogen and oxygen atoms in total. The van der Waals surface area contributed by atoms with Gasteiger partial charge in [0, 0.05) is 28.2 Å². The lowest BCUT2D eigenvalue weighted by molar-refractivity contribution is 1.57. The molecule has 0 aliphatic heterocycles. The largest absolute Gasteiger partial charge is 0.135 e. The number of halogens is 2. The maximum atomic E-state index is 3.56. The third-order valence-corrected chi connectivity index (χ3v) is 7.11. The molecule has 0 aliphatic rings. The average molecular weight is 465 g/mol. The normalized spacial score (nSPS) is 11.3. The van der Waals surface area contributed by atoms with Crippen molar-refractivity contribution in [1.82, 2.24) is 0 Å². The molecule has 0 unspecified atom stereocenters. The second kappa shape index (κ2) is 5.38. The zero-order valence-electron chi connectivity index (χ0n) is 10.9. The van der Waals surface area contributed by atoms with Crippen molar-refractivity contribution in [3.63, 3.8) is 0 Å². The van der Waals surface area contributed by atoms with Crippen LogP contribution in [0.3, 0.4) is 0 Å². The van der Waals surface area contributed by atoms with Gasteiger partial charge in [0.2, 0.25) is 0 Å². The van der Waals surface area contributed by atoms with Crippen LogP contribution in [-0.2, 0) is 0 Å². The van der Waals surface area contributed by atoms with Crippen molar-refractivity contribution >= 4 is 70.0 Å². The third-order valence-electron chi connectivity index (χ3n) is 3.63. The fraction of sp³-hybridized carbons (Fsp3) is 0. The molecule has 102 valence electrons. The predicted molar refractivity (Wildman–Crippen MR) is 105 cm³/mol. The lowest BCUT2D eigenvalue weighted by Gasteiger charge is -2.04. The minimum atomic E-state index is 1.15. The van der Waals surface area contributed by atoms with Gasteiger partial charge in [-0.25, -0.2) is 0 Å². The van der Waals surface area contributed by atoms with Gasteiger partial charge in [-0.1, -0.05) is 30.3 Å². The van der Waals surface area contributed by atoms with Crippen molar-refractivity contribution in [3.05, 3.63) is 68.7 Å². The second-order valence-electron chi connectivity index (χ2n) is 4.94. The van der Waals surface area contributed by atoms with Crippen LogP contribution in [0, 0.1) is 3.57 Å². The molecule has 0 saturated carbocycles. The first-order valence-electron chi connectivity index (χ1n) is 6.59. The van der Waals surface area contributed by atoms with Gasteiger partial charge in [-0.15, -0.1) is 11.3 Å². The molecule has 1 heterocycles. The Morgan fingerprint density at radius 1 is 0.762 bits per heavy atom. The van der Waals surface area contributed by atoms with Crippen LogP contribution in [0.15, 0.2) is 65.1 Å². The molecule has 0 aliphatic carbocycles. The van der Waals surface area contributed by atoms with E-state index in [1.54, 1.807) is 0 Å². The van der Waals surface area contributed by atoms with Crippen molar-refractivity contribution in [2.45, 2.75) is 0 Å². The number of hydrogen-bond acceptors (Lipinski definition) is 1. The van der Waals surface area contributed by atoms with Gasteiger partial charge in [0.1, 0.15) is 0 Å². The molecule has 0 spiro atoms. The Balaban J connectivity index is 1.97. The lowest BCUT2D eigenvalue weighted by atomic mass is 10.0. The highest BCUT2D eigenvalue weighted by Gasteiger charge is 2.07. The van der Waals surface area contributed by atoms with Crippen LogP contribution in [0.1, 0.15) is 0 Å². The van der Waals surface area contributed by atoms with E-state index in [2.05, 4.69) is 99.2 Å². The van der Waals surface area contributed by atoms with Gasteiger partial charge in [-0.2, -0.15) is 0 Å². The van der Waals surface area contributed by atoms with Gasteiger partial charge in [-0.3, -0.25) is 0 Å². The van der Waals surface area contributed by atoms with Crippen molar-refractivity contribution in [3.8, 4) is 11.1 Å². The molecule has 21 heavy (non-hydrogen) atoms. The predicted octanol–water partition coefficient (Wildman–Crippen LogP) is 7.09. The number of hydrogen-bond donors (Lipinski definition) is 0. The molecule has 0 amide bonds. The van der Waals surface area contributed by atoms with Crippen molar-refractivity contribution in [2.75, 3.05) is 0 Å². The van der Waals surface area contributed by atoms with E-state index in [1.165, 1.54) is 34.9 Å². The van der Waals surface area contributed by atoms with Crippen LogP contribution >= 0.6 is 49.9 Å². The highest BCUT2D eigenvalue weighted by Crippen LogP contribution is 2.36. The summed E-state index contributed by atoms with van der Waals surface area (Å²) in [6.07, 6.45) is 0. The zero-order chi connectivity index (χ0) is 14.4. The van der Waals surface area contributed by atoms with Crippen LogP contribution in [0.4, 0.5) is 0 Å². The third kappa shape index (κ3) is 2.41. The van der Waals surface area contributed by atoms with E-state index in [0.29, 0.717) is 0 Å². The number of benzene rings is 3. The second-order valence-corrected chi connectivity index (χ2v) is 8.04. The number of thiophene rings is 1. The molecule has 4 aromatic rings. The Bertz CT molecular complexity index is 971. The number of rotatable bonds is 1. The first kappa shape index (κ1) is 13.7. The van der Waals surface area contributed by atoms with Gasteiger partial charge in [0.05, 0.1) is 0 Å². The quantitative estimate of drug-likeness (QED) is 0.264. The first-order valence-corrected chi connectivity index (χ1v) is 9.28. The van der Waals surface area contributed by atoms with Crippen molar-refractivity contribution in [2.24, 2.45) is 0 Å². The summed E-state index contributed by atoms with van der Waals surface area (Å²) in [4.78, 5) is 0. The van der Waals surface area contributed by atoms with E-state index in [4.69, 9.17) is 0 Å². The highest BCUT2D eigenvalue weighted by atomic mass is 127. The molecule has 0 radical (unpaired) electrons. The summed E-state index contributed by atoms with van der Waals surface area (Å²) in [5.41, 5.74) is 2.54. The molecule has 0 atom stereocenters. The summed E-state index contributed by atoms with van der Waals surface area (Å²) < 4.78 is 5.09. The van der Waals surface area contributed by atoms with E-state index in [9.17, 15) is 0 Å². The van der Waals surface area contributed by atoms with E-state index in [1.807, 2.05) is 11.3 Å². The van der Waals surface area contributed by atoms with Crippen LogP contribution in [0.25, 0.3) is 31.3 Å². The van der Waals surface area contributed by atoms with E-state index in [-0.39, 0.29) is 0 Å². The molecule has 3 aromatic carbocycles. The molecule has 4 rings (SSSR count). The maximum Gasteiger partial charge on any atom is 0.0355 e. The molecule has 1 aromatic heterocycles. The molecular weight excluding hydrogens is 455 g/mol. The van der Waals surface area contributed by atoms with Gasteiger partial charge in [-0.05, 0) is 80.0 Å². The van der Waals surface area contributed by atoms with Crippen molar-refractivity contribution in [1.29, 1.82) is 0 Å². The van der Waals surface area contributed by atoms with E-state index < -0.39 is 0 Å². The maximum absolute atomic E-state index is 3.56. The fourth-order valence-corrected chi connectivity index (χ4v) is 4.43. The molecule has 3 heteroatoms. The summed E-state index contributed by atoms with van der Waals surface area (Å²) in [5, 5.41) is 2.71. The Morgan fingerprint density at radius 2 is 1.48 bits per heavy atom. The van der Waals surface area contributed by atoms with Gasteiger partial charge >= 0.3 is 0 Å². The summed E-state index contributed by atoms with van der Waals surface area (Å²) in [6.45, 7) is 0. The van der Waals surface area contributed by atoms with Crippen molar-refractivity contribution < 1.29 is 0 Å². The smallest absolute Gasteiger partial charge is 0.0355 e. The minimum absolute atomic E-state index is 1.15. The summed E-state index contributed by atoms with van der Waals surface area (Å²) in [6, 6.07) is 21.9. The summed E-state index contributed by atoms with van der Waals surface area (Å²) >= 11 is 7.79. The van der Waals surface area contributed by atoms with E-state index in [0.717, 1.165) is 4.47 Å². The molecule has 0 bridgehead atoms. The molecule has 0 saturated heterocycles. The van der Waals surface area contributed by atoms with Crippen LogP contribution in [0.5, 0.6) is 0 Å². The SMILES string of the molecule is Brc1ccc(-c2ccc3sc4ccccc4c3c2)cc1I. The Morgan fingerprint density at radius 3 is 2.33 bits per heavy atom. The van der Waals surface area contributed by atoms with Crippen LogP contribution in [0.2, 0.25) is 0 Å². The summed E-state index contributed by atoms with van der Waals surface area (Å²) in [7, 11) is 0. The topological polar surface area (TPSA) is 0 Å². The van der Waals surface area contributed by atoms with Gasteiger partial charge in [0.15, 0.2) is 0 Å². The monoisotopic (exact) mass is 464 g/mol. The molecular formula is C18H10BrIS. The average Bonchev–Trinajstić information content (AvgIpc) is 2.88. The minimum Gasteiger partial charge on any atom is -0.135 e. The number of fused-ring (bicyclic) bond motifs is 3. The Kier molecular flexibility index (Phi) is 3.52. The van der Waals surface area contributed by atoms with Crippen LogP contribution in [-0.4, -0.2) is 0 Å². The Hall–Kier alpha value is -0.910. The molecule has 0 N–H and O–H groups in total. The van der Waals surface area contributed by atoms with Crippen LogP contribution < -0.4 is 0 Å². The lowest BCUT2D eigenvalue weighted by Crippen LogP contribution is -1.80. The Labute approximate surface area is 149 Å². The van der Waals surface area contributed by atoms with E-state index >= 15 is 0 Å². The summed E-state index contributed by atoms with van der Waals surface area (Å²) in [5.74, 6) is 0. The first-order chi connectivity index (χ1) is 10.2. The highest BCUT2D eigenvalue weighted by molar-refractivity contribution is 14.1. The standard InChI is InChI=1S/C18H10BrIS/c19-15-7-5-12(10-16(15)20)11-6-8-18-14(9-11)13-3-1-2-4-17(13)21-18/h1-10H. The van der Waals surface area contributed by atoms with Gasteiger partial charge in [0.25, 0.3) is 0 Å². The molecule has 0 fully saturated rings. The zero-order valence-corrected chi connectivity index (χ0v) is 15.5. The van der Waals surface area contributed by atoms with Gasteiger partial charge < -0.3 is 0 Å². The fourth-order valence-electron chi connectivity index (χ4n) is 2.58.